The number of amides is 1. The highest BCUT2D eigenvalue weighted by Gasteiger charge is 2.33. The SMILES string of the molecule is CCCCCCCCC(=O)N(C)CC1(O)CCNC1. The van der Waals surface area contributed by atoms with Crippen LogP contribution < -0.4 is 5.32 Å². The predicted octanol–water partition coefficient (Wildman–Crippen LogP) is 1.92. The van der Waals surface area contributed by atoms with Gasteiger partial charge in [-0.2, -0.15) is 0 Å². The number of aliphatic hydroxyl groups is 1. The minimum Gasteiger partial charge on any atom is -0.387 e. The Bertz CT molecular complexity index is 263. The van der Waals surface area contributed by atoms with E-state index in [-0.39, 0.29) is 5.91 Å². The Hall–Kier alpha value is -0.610. The molecule has 1 amide bonds. The molecule has 0 spiro atoms. The Morgan fingerprint density at radius 3 is 2.58 bits per heavy atom. The van der Waals surface area contributed by atoms with Crippen molar-refractivity contribution in [2.75, 3.05) is 26.7 Å². The molecule has 0 aliphatic carbocycles. The minimum absolute atomic E-state index is 0.163. The molecule has 0 saturated carbocycles. The number of likely N-dealkylation sites (N-methyl/N-ethyl adjacent to an activating group) is 1. The van der Waals surface area contributed by atoms with Crippen LogP contribution in [-0.2, 0) is 4.79 Å². The largest absolute Gasteiger partial charge is 0.387 e. The van der Waals surface area contributed by atoms with Gasteiger partial charge in [-0.05, 0) is 19.4 Å². The van der Waals surface area contributed by atoms with E-state index in [0.717, 1.165) is 25.8 Å². The molecule has 0 aromatic heterocycles. The summed E-state index contributed by atoms with van der Waals surface area (Å²) in [7, 11) is 1.80. The van der Waals surface area contributed by atoms with E-state index in [0.29, 0.717) is 19.5 Å². The van der Waals surface area contributed by atoms with Crippen molar-refractivity contribution in [3.63, 3.8) is 0 Å². The lowest BCUT2D eigenvalue weighted by Crippen LogP contribution is -2.45. The highest BCUT2D eigenvalue weighted by Crippen LogP contribution is 2.16. The third kappa shape index (κ3) is 6.39. The quantitative estimate of drug-likeness (QED) is 0.629. The van der Waals surface area contributed by atoms with Crippen molar-refractivity contribution < 1.29 is 9.90 Å². The molecule has 1 heterocycles. The second kappa shape index (κ2) is 8.54. The molecule has 2 N–H and O–H groups in total. The number of unbranched alkanes of at least 4 members (excludes halogenated alkanes) is 5. The summed E-state index contributed by atoms with van der Waals surface area (Å²) in [6.45, 7) is 4.10. The molecule has 112 valence electrons. The van der Waals surface area contributed by atoms with Crippen LogP contribution in [0.1, 0.15) is 58.3 Å². The summed E-state index contributed by atoms with van der Waals surface area (Å²) in [5, 5.41) is 13.4. The van der Waals surface area contributed by atoms with Crippen LogP contribution in [0.4, 0.5) is 0 Å². The molecular weight excluding hydrogens is 240 g/mol. The Morgan fingerprint density at radius 2 is 1.95 bits per heavy atom. The fraction of sp³-hybridized carbons (Fsp3) is 0.933. The van der Waals surface area contributed by atoms with Gasteiger partial charge in [-0.3, -0.25) is 4.79 Å². The van der Waals surface area contributed by atoms with E-state index in [1.54, 1.807) is 11.9 Å². The van der Waals surface area contributed by atoms with E-state index < -0.39 is 5.60 Å². The van der Waals surface area contributed by atoms with Gasteiger partial charge in [0.15, 0.2) is 0 Å². The summed E-state index contributed by atoms with van der Waals surface area (Å²) in [6, 6.07) is 0. The van der Waals surface area contributed by atoms with Gasteiger partial charge in [0.25, 0.3) is 0 Å². The van der Waals surface area contributed by atoms with Gasteiger partial charge in [0.05, 0.1) is 12.1 Å². The number of nitrogens with zero attached hydrogens (tertiary/aromatic N) is 1. The third-order valence-electron chi connectivity index (χ3n) is 3.92. The molecule has 1 unspecified atom stereocenters. The monoisotopic (exact) mass is 270 g/mol. The molecule has 1 aliphatic rings. The highest BCUT2D eigenvalue weighted by atomic mass is 16.3. The van der Waals surface area contributed by atoms with Crippen molar-refractivity contribution in [3.8, 4) is 0 Å². The fourth-order valence-electron chi connectivity index (χ4n) is 2.64. The molecule has 0 bridgehead atoms. The van der Waals surface area contributed by atoms with Gasteiger partial charge in [0, 0.05) is 20.0 Å². The summed E-state index contributed by atoms with van der Waals surface area (Å²) in [5.41, 5.74) is -0.717. The summed E-state index contributed by atoms with van der Waals surface area (Å²) >= 11 is 0. The van der Waals surface area contributed by atoms with Crippen molar-refractivity contribution in [2.24, 2.45) is 0 Å². The molecule has 4 heteroatoms. The van der Waals surface area contributed by atoms with Crippen molar-refractivity contribution in [2.45, 2.75) is 63.9 Å². The van der Waals surface area contributed by atoms with Gasteiger partial charge >= 0.3 is 0 Å². The Morgan fingerprint density at radius 1 is 1.26 bits per heavy atom. The first-order valence-corrected chi connectivity index (χ1v) is 7.74. The van der Waals surface area contributed by atoms with Crippen LogP contribution in [0.15, 0.2) is 0 Å². The molecule has 1 fully saturated rings. The minimum atomic E-state index is -0.717. The maximum atomic E-state index is 12.0. The number of carbonyl (C=O) groups excluding carboxylic acids is 1. The van der Waals surface area contributed by atoms with E-state index in [2.05, 4.69) is 12.2 Å². The van der Waals surface area contributed by atoms with Gasteiger partial charge < -0.3 is 15.3 Å². The van der Waals surface area contributed by atoms with E-state index in [9.17, 15) is 9.90 Å². The van der Waals surface area contributed by atoms with E-state index in [4.69, 9.17) is 0 Å². The Balaban J connectivity index is 2.11. The standard InChI is InChI=1S/C15H30N2O2/c1-3-4-5-6-7-8-9-14(18)17(2)13-15(19)10-11-16-12-15/h16,19H,3-13H2,1-2H3. The van der Waals surface area contributed by atoms with Gasteiger partial charge in [-0.25, -0.2) is 0 Å². The Labute approximate surface area is 117 Å². The van der Waals surface area contributed by atoms with Crippen molar-refractivity contribution in [1.82, 2.24) is 10.2 Å². The molecule has 0 radical (unpaired) electrons. The normalized spacial score (nSPS) is 22.7. The number of hydrogen-bond donors (Lipinski definition) is 2. The average molecular weight is 270 g/mol. The summed E-state index contributed by atoms with van der Waals surface area (Å²) in [6.07, 6.45) is 8.55. The average Bonchev–Trinajstić information content (AvgIpc) is 2.79. The zero-order valence-corrected chi connectivity index (χ0v) is 12.6. The van der Waals surface area contributed by atoms with E-state index in [1.807, 2.05) is 0 Å². The number of carbonyl (C=O) groups is 1. The first-order valence-electron chi connectivity index (χ1n) is 7.74. The third-order valence-corrected chi connectivity index (χ3v) is 3.92. The lowest BCUT2D eigenvalue weighted by atomic mass is 10.0. The second-order valence-corrected chi connectivity index (χ2v) is 5.92. The van der Waals surface area contributed by atoms with Crippen LogP contribution in [0.2, 0.25) is 0 Å². The fourth-order valence-corrected chi connectivity index (χ4v) is 2.64. The van der Waals surface area contributed by atoms with Crippen LogP contribution in [0.5, 0.6) is 0 Å². The predicted molar refractivity (Wildman–Crippen MR) is 78.1 cm³/mol. The van der Waals surface area contributed by atoms with Crippen LogP contribution in [-0.4, -0.2) is 48.2 Å². The van der Waals surface area contributed by atoms with Gasteiger partial charge in [0.1, 0.15) is 0 Å². The summed E-state index contributed by atoms with van der Waals surface area (Å²) in [4.78, 5) is 13.6. The molecule has 1 saturated heterocycles. The van der Waals surface area contributed by atoms with Crippen molar-refractivity contribution in [3.05, 3.63) is 0 Å². The first kappa shape index (κ1) is 16.4. The number of nitrogens with one attached hydrogen (secondary N) is 1. The lowest BCUT2D eigenvalue weighted by molar-refractivity contribution is -0.133. The summed E-state index contributed by atoms with van der Waals surface area (Å²) in [5.74, 6) is 0.163. The van der Waals surface area contributed by atoms with Crippen LogP contribution in [0.25, 0.3) is 0 Å². The summed E-state index contributed by atoms with van der Waals surface area (Å²) < 4.78 is 0. The van der Waals surface area contributed by atoms with Crippen molar-refractivity contribution in [1.29, 1.82) is 0 Å². The highest BCUT2D eigenvalue weighted by molar-refractivity contribution is 5.75. The topological polar surface area (TPSA) is 52.6 Å². The van der Waals surface area contributed by atoms with Crippen LogP contribution in [0, 0.1) is 0 Å². The van der Waals surface area contributed by atoms with Crippen LogP contribution >= 0.6 is 0 Å². The van der Waals surface area contributed by atoms with E-state index in [1.165, 1.54) is 25.7 Å². The molecule has 1 atom stereocenters. The molecule has 19 heavy (non-hydrogen) atoms. The molecule has 0 aromatic carbocycles. The maximum absolute atomic E-state index is 12.0. The molecule has 4 nitrogen and oxygen atoms in total. The van der Waals surface area contributed by atoms with Gasteiger partial charge in [-0.1, -0.05) is 39.0 Å². The zero-order chi connectivity index (χ0) is 14.1. The first-order chi connectivity index (χ1) is 9.07. The number of rotatable bonds is 9. The Kier molecular flexibility index (Phi) is 7.39. The van der Waals surface area contributed by atoms with E-state index >= 15 is 0 Å². The van der Waals surface area contributed by atoms with Gasteiger partial charge in [0.2, 0.25) is 5.91 Å². The van der Waals surface area contributed by atoms with Crippen molar-refractivity contribution >= 4 is 5.91 Å². The lowest BCUT2D eigenvalue weighted by Gasteiger charge is -2.28. The number of β-amino-alcohol motifs (C(OH)–C–C–N with tert-alkyl or cyclic N) is 1. The molecule has 1 rings (SSSR count). The second-order valence-electron chi connectivity index (χ2n) is 5.92. The molecule has 0 aromatic rings. The van der Waals surface area contributed by atoms with Gasteiger partial charge in [-0.15, -0.1) is 0 Å². The molecule has 1 aliphatic heterocycles. The van der Waals surface area contributed by atoms with Crippen LogP contribution in [0.3, 0.4) is 0 Å². The molecular formula is C15H30N2O2. The zero-order valence-electron chi connectivity index (χ0n) is 12.6. The number of hydrogen-bond acceptors (Lipinski definition) is 3. The maximum Gasteiger partial charge on any atom is 0.222 e. The smallest absolute Gasteiger partial charge is 0.222 e.